The summed E-state index contributed by atoms with van der Waals surface area (Å²) in [5.74, 6) is -1.31. The van der Waals surface area contributed by atoms with Gasteiger partial charge in [0.2, 0.25) is 5.91 Å². The van der Waals surface area contributed by atoms with Gasteiger partial charge in [-0.15, -0.1) is 0 Å². The Hall–Kier alpha value is -1.84. The van der Waals surface area contributed by atoms with Crippen LogP contribution in [-0.4, -0.2) is 17.0 Å². The third-order valence-electron chi connectivity index (χ3n) is 5.16. The molecule has 2 bridgehead atoms. The maximum atomic E-state index is 12.6. The molecule has 2 aliphatic carbocycles. The smallest absolute Gasteiger partial charge is 0.307 e. The van der Waals surface area contributed by atoms with Crippen molar-refractivity contribution in [1.82, 2.24) is 5.32 Å². The van der Waals surface area contributed by atoms with Crippen molar-refractivity contribution >= 4 is 11.9 Å². The molecule has 0 heterocycles. The molecule has 112 valence electrons. The third-order valence-corrected chi connectivity index (χ3v) is 5.16. The highest BCUT2D eigenvalue weighted by atomic mass is 16.4. The fourth-order valence-corrected chi connectivity index (χ4v) is 4.16. The van der Waals surface area contributed by atoms with E-state index in [9.17, 15) is 14.7 Å². The van der Waals surface area contributed by atoms with E-state index in [0.29, 0.717) is 0 Å². The highest BCUT2D eigenvalue weighted by molar-refractivity contribution is 5.86. The standard InChI is InChI=1S/C17H21NO3/c1-10(11-5-3-2-4-6-11)18-16(19)14-12-7-8-13(9-12)15(14)17(20)21/h2-6,10,12-15H,7-9H2,1H3,(H,18,19)(H,20,21)/t10-,12+,13+,14+,15+/m1/s1. The van der Waals surface area contributed by atoms with Crippen molar-refractivity contribution in [2.24, 2.45) is 23.7 Å². The molecule has 5 atom stereocenters. The molecule has 1 aromatic rings. The number of hydrogen-bond donors (Lipinski definition) is 2. The highest BCUT2D eigenvalue weighted by Gasteiger charge is 2.54. The van der Waals surface area contributed by atoms with Crippen molar-refractivity contribution in [3.63, 3.8) is 0 Å². The first kappa shape index (κ1) is 14.1. The normalized spacial score (nSPS) is 31.9. The second kappa shape index (κ2) is 5.51. The van der Waals surface area contributed by atoms with E-state index in [1.54, 1.807) is 0 Å². The number of carboxylic acid groups (broad SMARTS) is 1. The van der Waals surface area contributed by atoms with Gasteiger partial charge in [-0.05, 0) is 43.6 Å². The predicted molar refractivity (Wildman–Crippen MR) is 78.4 cm³/mol. The molecule has 4 nitrogen and oxygen atoms in total. The first-order valence-electron chi connectivity index (χ1n) is 7.66. The molecule has 0 aliphatic heterocycles. The number of benzene rings is 1. The number of carboxylic acids is 1. The van der Waals surface area contributed by atoms with Crippen molar-refractivity contribution in [2.75, 3.05) is 0 Å². The molecule has 2 saturated carbocycles. The summed E-state index contributed by atoms with van der Waals surface area (Å²) >= 11 is 0. The lowest BCUT2D eigenvalue weighted by Crippen LogP contribution is -2.42. The lowest BCUT2D eigenvalue weighted by atomic mass is 9.78. The number of rotatable bonds is 4. The van der Waals surface area contributed by atoms with Gasteiger partial charge in [0.15, 0.2) is 0 Å². The summed E-state index contributed by atoms with van der Waals surface area (Å²) in [7, 11) is 0. The van der Waals surface area contributed by atoms with E-state index in [1.807, 2.05) is 37.3 Å². The average molecular weight is 287 g/mol. The van der Waals surface area contributed by atoms with Crippen LogP contribution in [0.25, 0.3) is 0 Å². The molecular formula is C17H21NO3. The first-order chi connectivity index (χ1) is 10.1. The Morgan fingerprint density at radius 1 is 1.14 bits per heavy atom. The number of fused-ring (bicyclic) bond motifs is 2. The van der Waals surface area contributed by atoms with Crippen LogP contribution in [0.2, 0.25) is 0 Å². The molecule has 1 aromatic carbocycles. The van der Waals surface area contributed by atoms with Crippen molar-refractivity contribution < 1.29 is 14.7 Å². The molecule has 4 heteroatoms. The molecule has 2 aliphatic rings. The maximum Gasteiger partial charge on any atom is 0.307 e. The summed E-state index contributed by atoms with van der Waals surface area (Å²) < 4.78 is 0. The minimum absolute atomic E-state index is 0.0905. The van der Waals surface area contributed by atoms with E-state index in [-0.39, 0.29) is 29.7 Å². The molecule has 2 N–H and O–H groups in total. The van der Waals surface area contributed by atoms with Crippen molar-refractivity contribution in [2.45, 2.75) is 32.2 Å². The van der Waals surface area contributed by atoms with E-state index in [1.165, 1.54) is 0 Å². The lowest BCUT2D eigenvalue weighted by Gasteiger charge is -2.28. The quantitative estimate of drug-likeness (QED) is 0.894. The van der Waals surface area contributed by atoms with Gasteiger partial charge in [-0.25, -0.2) is 0 Å². The summed E-state index contributed by atoms with van der Waals surface area (Å²) in [6.07, 6.45) is 2.85. The number of nitrogens with one attached hydrogen (secondary N) is 1. The SMILES string of the molecule is C[C@@H](NC(=O)[C@H]1[C@H]2CC[C@@H](C2)[C@@H]1C(=O)O)c1ccccc1. The van der Waals surface area contributed by atoms with E-state index in [4.69, 9.17) is 0 Å². The third kappa shape index (κ3) is 2.55. The molecule has 1 amide bonds. The first-order valence-corrected chi connectivity index (χ1v) is 7.66. The van der Waals surface area contributed by atoms with Gasteiger partial charge >= 0.3 is 5.97 Å². The Bertz CT molecular complexity index is 542. The van der Waals surface area contributed by atoms with Crippen LogP contribution in [0.5, 0.6) is 0 Å². The molecular weight excluding hydrogens is 266 g/mol. The Morgan fingerprint density at radius 2 is 1.76 bits per heavy atom. The molecule has 0 unspecified atom stereocenters. The largest absolute Gasteiger partial charge is 0.481 e. The molecule has 3 rings (SSSR count). The van der Waals surface area contributed by atoms with Crippen LogP contribution in [0.3, 0.4) is 0 Å². The minimum atomic E-state index is -0.810. The van der Waals surface area contributed by atoms with Gasteiger partial charge < -0.3 is 10.4 Å². The summed E-state index contributed by atoms with van der Waals surface area (Å²) in [4.78, 5) is 24.0. The fourth-order valence-electron chi connectivity index (χ4n) is 4.16. The number of carbonyl (C=O) groups excluding carboxylic acids is 1. The number of hydrogen-bond acceptors (Lipinski definition) is 2. The van der Waals surface area contributed by atoms with Gasteiger partial charge in [0.1, 0.15) is 0 Å². The van der Waals surface area contributed by atoms with Crippen molar-refractivity contribution in [3.8, 4) is 0 Å². The summed E-state index contributed by atoms with van der Waals surface area (Å²) in [5, 5.41) is 12.4. The zero-order valence-corrected chi connectivity index (χ0v) is 12.2. The zero-order valence-electron chi connectivity index (χ0n) is 12.2. The van der Waals surface area contributed by atoms with Gasteiger partial charge in [0.25, 0.3) is 0 Å². The van der Waals surface area contributed by atoms with Gasteiger partial charge in [0, 0.05) is 0 Å². The van der Waals surface area contributed by atoms with Crippen molar-refractivity contribution in [3.05, 3.63) is 35.9 Å². The summed E-state index contributed by atoms with van der Waals surface area (Å²) in [6, 6.07) is 9.67. The van der Waals surface area contributed by atoms with Gasteiger partial charge in [0.05, 0.1) is 17.9 Å². The molecule has 2 fully saturated rings. The van der Waals surface area contributed by atoms with Gasteiger partial charge in [-0.1, -0.05) is 30.3 Å². The predicted octanol–water partition coefficient (Wildman–Crippen LogP) is 2.61. The van der Waals surface area contributed by atoms with Gasteiger partial charge in [-0.2, -0.15) is 0 Å². The molecule has 0 spiro atoms. The Kier molecular flexibility index (Phi) is 3.70. The van der Waals surface area contributed by atoms with Gasteiger partial charge in [-0.3, -0.25) is 9.59 Å². The minimum Gasteiger partial charge on any atom is -0.481 e. The number of amides is 1. The fraction of sp³-hybridized carbons (Fsp3) is 0.529. The average Bonchev–Trinajstić information content (AvgIpc) is 3.08. The summed E-state index contributed by atoms with van der Waals surface area (Å²) in [6.45, 7) is 1.94. The van der Waals surface area contributed by atoms with E-state index in [2.05, 4.69) is 5.32 Å². The van der Waals surface area contributed by atoms with E-state index in [0.717, 1.165) is 24.8 Å². The lowest BCUT2D eigenvalue weighted by molar-refractivity contribution is -0.149. The topological polar surface area (TPSA) is 66.4 Å². The molecule has 0 radical (unpaired) electrons. The Morgan fingerprint density at radius 3 is 2.38 bits per heavy atom. The van der Waals surface area contributed by atoms with Crippen LogP contribution in [-0.2, 0) is 9.59 Å². The Labute approximate surface area is 124 Å². The number of aliphatic carboxylic acids is 1. The van der Waals surface area contributed by atoms with Crippen LogP contribution in [0.4, 0.5) is 0 Å². The molecule has 0 aromatic heterocycles. The van der Waals surface area contributed by atoms with E-state index < -0.39 is 11.9 Å². The highest BCUT2D eigenvalue weighted by Crippen LogP contribution is 2.52. The maximum absolute atomic E-state index is 12.6. The molecule has 0 saturated heterocycles. The van der Waals surface area contributed by atoms with Crippen molar-refractivity contribution in [1.29, 1.82) is 0 Å². The second-order valence-corrected chi connectivity index (χ2v) is 6.36. The summed E-state index contributed by atoms with van der Waals surface area (Å²) in [5.41, 5.74) is 1.04. The zero-order chi connectivity index (χ0) is 15.0. The van der Waals surface area contributed by atoms with Crippen LogP contribution in [0.15, 0.2) is 30.3 Å². The van der Waals surface area contributed by atoms with Crippen LogP contribution >= 0.6 is 0 Å². The monoisotopic (exact) mass is 287 g/mol. The molecule has 21 heavy (non-hydrogen) atoms. The van der Waals surface area contributed by atoms with E-state index >= 15 is 0 Å². The number of carbonyl (C=O) groups is 2. The van der Waals surface area contributed by atoms with Crippen LogP contribution < -0.4 is 5.32 Å². The Balaban J connectivity index is 1.72. The van der Waals surface area contributed by atoms with Crippen LogP contribution in [0, 0.1) is 23.7 Å². The second-order valence-electron chi connectivity index (χ2n) is 6.36. The van der Waals surface area contributed by atoms with Crippen LogP contribution in [0.1, 0.15) is 37.8 Å².